The Balaban J connectivity index is 0.928. The molecule has 284 valence electrons. The monoisotopic (exact) mass is 742 g/mol. The van der Waals surface area contributed by atoms with Gasteiger partial charge in [0.15, 0.2) is 0 Å². The number of allylic oxidation sites excluding steroid dienone is 15. The molecule has 1 spiro atoms. The molecule has 1 aliphatic heterocycles. The van der Waals surface area contributed by atoms with Crippen molar-refractivity contribution in [3.05, 3.63) is 202 Å². The number of nitrogens with zero attached hydrogens (tertiary/aromatic N) is 1. The molecule has 2 fully saturated rings. The van der Waals surface area contributed by atoms with Crippen LogP contribution in [0.3, 0.4) is 0 Å². The molecule has 2 nitrogen and oxygen atoms in total. The Morgan fingerprint density at radius 1 is 0.754 bits per heavy atom. The summed E-state index contributed by atoms with van der Waals surface area (Å²) in [7, 11) is 0. The molecule has 1 heterocycles. The van der Waals surface area contributed by atoms with E-state index in [4.69, 9.17) is 4.99 Å². The smallest absolute Gasteiger partial charge is 0.0903 e. The lowest BCUT2D eigenvalue weighted by Gasteiger charge is -2.42. The van der Waals surface area contributed by atoms with E-state index >= 15 is 0 Å². The lowest BCUT2D eigenvalue weighted by molar-refractivity contribution is 0.207. The Hall–Kier alpha value is -5.21. The third-order valence-electron chi connectivity index (χ3n) is 15.3. The standard InChI is InChI=1S/C55H54N2/c1-54(2)47-33-41(29-30-43(47)44-34-45-42-23-13-14-24-46(42)55(31-15-6-16-32-55)49(45)35-48(44)54)36-25-27-40(28-26-36)53-52(39-21-11-5-12-22-39)56-50(37-17-7-3-8-18-37)51(57-53)38-19-9-4-10-20-38/h3-5,7-14,17,19-25,27,29-30,33-34,37,43,47-48,50,56H,6,15-16,18,26,28,31-32,35H2,1-2H3. The van der Waals surface area contributed by atoms with Gasteiger partial charge in [-0.3, -0.25) is 0 Å². The molecule has 5 atom stereocenters. The third kappa shape index (κ3) is 5.61. The van der Waals surface area contributed by atoms with Gasteiger partial charge in [-0.15, -0.1) is 0 Å². The molecule has 0 aromatic heterocycles. The van der Waals surface area contributed by atoms with E-state index in [1.807, 2.05) is 0 Å². The molecule has 8 aliphatic rings. The number of benzene rings is 3. The Morgan fingerprint density at radius 2 is 1.49 bits per heavy atom. The maximum Gasteiger partial charge on any atom is 0.0903 e. The summed E-state index contributed by atoms with van der Waals surface area (Å²) in [5.41, 5.74) is 18.6. The van der Waals surface area contributed by atoms with Crippen molar-refractivity contribution in [2.24, 2.45) is 34.1 Å². The minimum atomic E-state index is 0.0845. The maximum absolute atomic E-state index is 5.64. The van der Waals surface area contributed by atoms with Crippen molar-refractivity contribution in [1.82, 2.24) is 5.32 Å². The molecular formula is C55H54N2. The normalized spacial score (nSPS) is 29.0. The predicted molar refractivity (Wildman–Crippen MR) is 237 cm³/mol. The number of fused-ring (bicyclic) bond motifs is 7. The molecule has 0 saturated heterocycles. The molecular weight excluding hydrogens is 689 g/mol. The average molecular weight is 743 g/mol. The Bertz CT molecular complexity index is 2450. The fraction of sp³-hybridized carbons (Fsp3) is 0.327. The molecule has 2 heteroatoms. The van der Waals surface area contributed by atoms with Gasteiger partial charge >= 0.3 is 0 Å². The van der Waals surface area contributed by atoms with Crippen LogP contribution in [0.25, 0.3) is 11.3 Å². The molecule has 3 aromatic rings. The lowest BCUT2D eigenvalue weighted by atomic mass is 9.62. The van der Waals surface area contributed by atoms with Crippen LogP contribution in [0.5, 0.6) is 0 Å². The zero-order chi connectivity index (χ0) is 38.1. The maximum atomic E-state index is 5.64. The van der Waals surface area contributed by atoms with E-state index in [1.165, 1.54) is 71.9 Å². The highest BCUT2D eigenvalue weighted by Gasteiger charge is 2.56. The summed E-state index contributed by atoms with van der Waals surface area (Å²) in [5.74, 6) is 1.91. The van der Waals surface area contributed by atoms with Crippen LogP contribution < -0.4 is 5.32 Å². The van der Waals surface area contributed by atoms with Crippen LogP contribution in [0.4, 0.5) is 0 Å². The fourth-order valence-corrected chi connectivity index (χ4v) is 12.3. The van der Waals surface area contributed by atoms with Crippen LogP contribution in [0.1, 0.15) is 93.9 Å². The van der Waals surface area contributed by atoms with E-state index in [0.717, 1.165) is 36.4 Å². The van der Waals surface area contributed by atoms with Crippen LogP contribution in [-0.4, -0.2) is 11.8 Å². The largest absolute Gasteiger partial charge is 0.374 e. The first-order chi connectivity index (χ1) is 28.0. The second-order valence-electron chi connectivity index (χ2n) is 18.5. The van der Waals surface area contributed by atoms with Crippen molar-refractivity contribution in [2.45, 2.75) is 83.1 Å². The van der Waals surface area contributed by atoms with E-state index < -0.39 is 0 Å². The van der Waals surface area contributed by atoms with Gasteiger partial charge in [0.25, 0.3) is 0 Å². The fourth-order valence-electron chi connectivity index (χ4n) is 12.3. The van der Waals surface area contributed by atoms with Crippen molar-refractivity contribution >= 4 is 17.0 Å². The molecule has 0 bridgehead atoms. The molecule has 7 aliphatic carbocycles. The van der Waals surface area contributed by atoms with Crippen LogP contribution in [0, 0.1) is 29.1 Å². The second kappa shape index (κ2) is 13.7. The Kier molecular flexibility index (Phi) is 8.42. The van der Waals surface area contributed by atoms with Gasteiger partial charge in [-0.25, -0.2) is 4.99 Å². The SMILES string of the molecule is CC1(C)C2CC3=C(C=C2C2C=CC(C4=CC=C(C5=C(c6ccccc6)NC(C6C=CC=CC6)C(c6ccccc6)=N5)CC4)=CC21)c1ccccc1C31CCCCC1. The van der Waals surface area contributed by atoms with Gasteiger partial charge in [-0.1, -0.05) is 190 Å². The minimum Gasteiger partial charge on any atom is -0.374 e. The summed E-state index contributed by atoms with van der Waals surface area (Å²) in [6.07, 6.45) is 35.2. The van der Waals surface area contributed by atoms with E-state index in [1.54, 1.807) is 22.3 Å². The van der Waals surface area contributed by atoms with Crippen molar-refractivity contribution in [2.75, 3.05) is 0 Å². The van der Waals surface area contributed by atoms with Gasteiger partial charge in [0.05, 0.1) is 23.1 Å². The van der Waals surface area contributed by atoms with Crippen molar-refractivity contribution in [3.8, 4) is 0 Å². The van der Waals surface area contributed by atoms with E-state index in [0.29, 0.717) is 23.7 Å². The average Bonchev–Trinajstić information content (AvgIpc) is 3.66. The van der Waals surface area contributed by atoms with Gasteiger partial charge in [0.2, 0.25) is 0 Å². The number of hydrogen-bond donors (Lipinski definition) is 1. The number of aliphatic imine (C=N–C) groups is 1. The molecule has 0 amide bonds. The predicted octanol–water partition coefficient (Wildman–Crippen LogP) is 13.0. The van der Waals surface area contributed by atoms with E-state index in [9.17, 15) is 0 Å². The van der Waals surface area contributed by atoms with Crippen molar-refractivity contribution in [3.63, 3.8) is 0 Å². The van der Waals surface area contributed by atoms with Crippen LogP contribution in [0.2, 0.25) is 0 Å². The summed E-state index contributed by atoms with van der Waals surface area (Å²) in [5, 5.41) is 4.08. The topological polar surface area (TPSA) is 24.4 Å². The highest BCUT2D eigenvalue weighted by atomic mass is 15.0. The molecule has 3 aromatic carbocycles. The highest BCUT2D eigenvalue weighted by Crippen LogP contribution is 2.66. The first-order valence-corrected chi connectivity index (χ1v) is 21.9. The molecule has 11 rings (SSSR count). The molecule has 0 radical (unpaired) electrons. The van der Waals surface area contributed by atoms with Crippen molar-refractivity contribution in [1.29, 1.82) is 0 Å². The molecule has 57 heavy (non-hydrogen) atoms. The van der Waals surface area contributed by atoms with Gasteiger partial charge in [0.1, 0.15) is 0 Å². The molecule has 1 N–H and O–H groups in total. The highest BCUT2D eigenvalue weighted by molar-refractivity contribution is 6.08. The Morgan fingerprint density at radius 3 is 2.25 bits per heavy atom. The van der Waals surface area contributed by atoms with Gasteiger partial charge < -0.3 is 5.32 Å². The van der Waals surface area contributed by atoms with Gasteiger partial charge in [0, 0.05) is 17.3 Å². The number of rotatable bonds is 5. The van der Waals surface area contributed by atoms with Crippen LogP contribution in [0.15, 0.2) is 184 Å². The Labute approximate surface area is 339 Å². The zero-order valence-corrected chi connectivity index (χ0v) is 33.6. The second-order valence-corrected chi connectivity index (χ2v) is 18.5. The first kappa shape index (κ1) is 35.0. The molecule has 5 unspecified atom stereocenters. The van der Waals surface area contributed by atoms with Gasteiger partial charge in [-0.2, -0.15) is 0 Å². The summed E-state index contributed by atoms with van der Waals surface area (Å²) >= 11 is 0. The van der Waals surface area contributed by atoms with Crippen molar-refractivity contribution < 1.29 is 0 Å². The number of nitrogens with one attached hydrogen (secondary N) is 1. The molecule has 2 saturated carbocycles. The van der Waals surface area contributed by atoms with Crippen LogP contribution in [-0.2, 0) is 5.41 Å². The lowest BCUT2D eigenvalue weighted by Crippen LogP contribution is -2.44. The summed E-state index contributed by atoms with van der Waals surface area (Å²) in [4.78, 5) is 5.64. The first-order valence-electron chi connectivity index (χ1n) is 21.9. The summed E-state index contributed by atoms with van der Waals surface area (Å²) in [6, 6.07) is 31.2. The summed E-state index contributed by atoms with van der Waals surface area (Å²) < 4.78 is 0. The van der Waals surface area contributed by atoms with Crippen LogP contribution >= 0.6 is 0 Å². The number of hydrogen-bond acceptors (Lipinski definition) is 2. The van der Waals surface area contributed by atoms with E-state index in [2.05, 4.69) is 165 Å². The van der Waals surface area contributed by atoms with E-state index in [-0.39, 0.29) is 16.9 Å². The third-order valence-corrected chi connectivity index (χ3v) is 15.3. The van der Waals surface area contributed by atoms with Gasteiger partial charge in [-0.05, 0) is 100 Å². The quantitative estimate of drug-likeness (QED) is 0.277. The minimum absolute atomic E-state index is 0.0845. The zero-order valence-electron chi connectivity index (χ0n) is 33.6. The summed E-state index contributed by atoms with van der Waals surface area (Å²) in [6.45, 7) is 5.17.